The number of hydrogen-bond acceptors (Lipinski definition) is 9. The van der Waals surface area contributed by atoms with Gasteiger partial charge >= 0.3 is 6.09 Å². The summed E-state index contributed by atoms with van der Waals surface area (Å²) in [5.74, 6) is 8.16. The number of hydrogen-bond donors (Lipinski definition) is 7. The van der Waals surface area contributed by atoms with Gasteiger partial charge < -0.3 is 20.7 Å². The van der Waals surface area contributed by atoms with Crippen molar-refractivity contribution >= 4 is 29.7 Å². The summed E-state index contributed by atoms with van der Waals surface area (Å²) in [6.07, 6.45) is 0.996. The summed E-state index contributed by atoms with van der Waals surface area (Å²) in [6, 6.07) is -2.11. The summed E-state index contributed by atoms with van der Waals surface area (Å²) in [5, 5.41) is 11.2. The van der Waals surface area contributed by atoms with E-state index < -0.39 is 47.4 Å². The van der Waals surface area contributed by atoms with E-state index in [-0.39, 0.29) is 45.1 Å². The van der Waals surface area contributed by atoms with Crippen LogP contribution in [0.5, 0.6) is 0 Å². The lowest BCUT2D eigenvalue weighted by Gasteiger charge is -2.25. The second kappa shape index (κ2) is 18.6. The van der Waals surface area contributed by atoms with E-state index in [0.717, 1.165) is 0 Å². The molecule has 0 aliphatic carbocycles. The van der Waals surface area contributed by atoms with E-state index in [4.69, 9.17) is 22.0 Å². The Morgan fingerprint density at radius 3 is 1.89 bits per heavy atom. The number of nitrogens with one attached hydrogen (secondary N) is 5. The molecule has 0 saturated heterocycles. The standard InChI is InChI=1S/C21H40N10O6/c1-21(2,3)37-20(36)28-15(9-7-11-17(33)30-23)19(35)27-14(8-6-10-16(32)29-22)18(34)25-12-4-5-13-26-31-24/h14-15H,4-13,22-23H2,1-3H3,(H,25,34)(H,27,35)(H,28,36)(H,29,32)(H,30,33)/t14-,15-/m0/s1. The first-order valence-corrected chi connectivity index (χ1v) is 12.0. The van der Waals surface area contributed by atoms with Crippen molar-refractivity contribution in [3.8, 4) is 0 Å². The van der Waals surface area contributed by atoms with Crippen LogP contribution in [0.2, 0.25) is 0 Å². The largest absolute Gasteiger partial charge is 0.444 e. The summed E-state index contributed by atoms with van der Waals surface area (Å²) >= 11 is 0. The van der Waals surface area contributed by atoms with Gasteiger partial charge in [-0.15, -0.1) is 0 Å². The number of hydrazine groups is 2. The highest BCUT2D eigenvalue weighted by Gasteiger charge is 2.28. The fraction of sp³-hybridized carbons (Fsp3) is 0.762. The molecule has 16 heteroatoms. The Morgan fingerprint density at radius 1 is 0.865 bits per heavy atom. The van der Waals surface area contributed by atoms with Gasteiger partial charge in [0.15, 0.2) is 0 Å². The first-order chi connectivity index (χ1) is 17.4. The predicted octanol–water partition coefficient (Wildman–Crippen LogP) is -0.108. The van der Waals surface area contributed by atoms with Crippen LogP contribution in [0.4, 0.5) is 4.79 Å². The zero-order valence-electron chi connectivity index (χ0n) is 21.7. The van der Waals surface area contributed by atoms with Crippen molar-refractivity contribution in [3.63, 3.8) is 0 Å². The number of azide groups is 1. The minimum atomic E-state index is -1.10. The smallest absolute Gasteiger partial charge is 0.408 e. The van der Waals surface area contributed by atoms with Gasteiger partial charge in [-0.1, -0.05) is 5.11 Å². The maximum absolute atomic E-state index is 13.1. The maximum atomic E-state index is 13.1. The van der Waals surface area contributed by atoms with Crippen molar-refractivity contribution in [2.45, 2.75) is 89.8 Å². The van der Waals surface area contributed by atoms with Gasteiger partial charge in [0.1, 0.15) is 17.7 Å². The molecular weight excluding hydrogens is 488 g/mol. The van der Waals surface area contributed by atoms with Gasteiger partial charge in [0.25, 0.3) is 0 Å². The second-order valence-electron chi connectivity index (χ2n) is 9.13. The minimum absolute atomic E-state index is 0.0181. The van der Waals surface area contributed by atoms with Crippen LogP contribution < -0.4 is 38.5 Å². The van der Waals surface area contributed by atoms with Gasteiger partial charge in [0.2, 0.25) is 23.6 Å². The van der Waals surface area contributed by atoms with Gasteiger partial charge in [0.05, 0.1) is 0 Å². The van der Waals surface area contributed by atoms with E-state index in [1.165, 1.54) is 0 Å². The molecule has 0 bridgehead atoms. The number of amides is 5. The van der Waals surface area contributed by atoms with Crippen LogP contribution >= 0.6 is 0 Å². The molecular formula is C21H40N10O6. The number of ether oxygens (including phenoxy) is 1. The highest BCUT2D eigenvalue weighted by Crippen LogP contribution is 2.10. The van der Waals surface area contributed by atoms with Crippen molar-refractivity contribution < 1.29 is 28.7 Å². The number of carbonyl (C=O) groups excluding carboxylic acids is 5. The molecule has 210 valence electrons. The quantitative estimate of drug-likeness (QED) is 0.0254. The Balaban J connectivity index is 5.35. The third kappa shape index (κ3) is 17.5. The molecule has 0 saturated carbocycles. The first-order valence-electron chi connectivity index (χ1n) is 12.0. The number of rotatable bonds is 17. The number of unbranched alkanes of at least 4 members (excludes halogenated alkanes) is 1. The van der Waals surface area contributed by atoms with Gasteiger partial charge in [-0.05, 0) is 64.8 Å². The molecule has 16 nitrogen and oxygen atoms in total. The van der Waals surface area contributed by atoms with E-state index in [2.05, 4.69) is 26.0 Å². The van der Waals surface area contributed by atoms with Crippen molar-refractivity contribution in [1.82, 2.24) is 26.8 Å². The third-order valence-corrected chi connectivity index (χ3v) is 4.80. The predicted molar refractivity (Wildman–Crippen MR) is 134 cm³/mol. The number of nitrogens with zero attached hydrogens (tertiary/aromatic N) is 3. The molecule has 0 aliphatic rings. The zero-order valence-corrected chi connectivity index (χ0v) is 21.7. The molecule has 0 aromatic rings. The van der Waals surface area contributed by atoms with Crippen LogP contribution in [0.15, 0.2) is 5.11 Å². The highest BCUT2D eigenvalue weighted by molar-refractivity contribution is 5.91. The molecule has 2 atom stereocenters. The van der Waals surface area contributed by atoms with E-state index in [1.807, 2.05) is 10.9 Å². The second-order valence-corrected chi connectivity index (χ2v) is 9.13. The molecule has 0 radical (unpaired) electrons. The van der Waals surface area contributed by atoms with Crippen LogP contribution in [0, 0.1) is 0 Å². The molecule has 0 unspecified atom stereocenters. The SMILES string of the molecule is CC(C)(C)OC(=O)N[C@@H](CCCC(=O)NN)C(=O)N[C@@H](CCCC(=O)NN)C(=O)NCCCCN=[N+]=[N-]. The molecule has 0 aromatic heterocycles. The summed E-state index contributed by atoms with van der Waals surface area (Å²) in [4.78, 5) is 63.7. The van der Waals surface area contributed by atoms with Gasteiger partial charge in [0, 0.05) is 30.8 Å². The molecule has 0 aliphatic heterocycles. The number of alkyl carbamates (subject to hydrolysis) is 1. The Labute approximate surface area is 215 Å². The molecule has 37 heavy (non-hydrogen) atoms. The van der Waals surface area contributed by atoms with Gasteiger partial charge in [-0.2, -0.15) is 0 Å². The molecule has 0 rings (SSSR count). The molecule has 0 heterocycles. The lowest BCUT2D eigenvalue weighted by molar-refractivity contribution is -0.130. The fourth-order valence-corrected chi connectivity index (χ4v) is 3.02. The average molecular weight is 529 g/mol. The van der Waals surface area contributed by atoms with Crippen molar-refractivity contribution in [3.05, 3.63) is 10.4 Å². The minimum Gasteiger partial charge on any atom is -0.444 e. The highest BCUT2D eigenvalue weighted by atomic mass is 16.6. The third-order valence-electron chi connectivity index (χ3n) is 4.80. The lowest BCUT2D eigenvalue weighted by atomic mass is 10.1. The van der Waals surface area contributed by atoms with E-state index >= 15 is 0 Å². The van der Waals surface area contributed by atoms with Crippen molar-refractivity contribution in [2.75, 3.05) is 13.1 Å². The van der Waals surface area contributed by atoms with Crippen LogP contribution in [0.25, 0.3) is 10.4 Å². The van der Waals surface area contributed by atoms with Crippen LogP contribution in [-0.2, 0) is 23.9 Å². The van der Waals surface area contributed by atoms with Crippen LogP contribution in [0.3, 0.4) is 0 Å². The van der Waals surface area contributed by atoms with Crippen molar-refractivity contribution in [1.29, 1.82) is 0 Å². The molecule has 0 aromatic carbocycles. The number of nitrogens with two attached hydrogens (primary N) is 2. The number of carbonyl (C=O) groups is 5. The summed E-state index contributed by atoms with van der Waals surface area (Å²) in [5.41, 5.74) is 11.5. The van der Waals surface area contributed by atoms with Gasteiger partial charge in [-0.3, -0.25) is 30.0 Å². The van der Waals surface area contributed by atoms with Crippen LogP contribution in [-0.4, -0.2) is 60.5 Å². The Bertz CT molecular complexity index is 810. The Kier molecular flexibility index (Phi) is 16.8. The lowest BCUT2D eigenvalue weighted by Crippen LogP contribution is -2.54. The zero-order chi connectivity index (χ0) is 28.3. The fourth-order valence-electron chi connectivity index (χ4n) is 3.02. The van der Waals surface area contributed by atoms with E-state index in [1.54, 1.807) is 20.8 Å². The summed E-state index contributed by atoms with van der Waals surface area (Å²) in [7, 11) is 0. The van der Waals surface area contributed by atoms with Crippen LogP contribution in [0.1, 0.15) is 72.1 Å². The Hall–Kier alpha value is -3.62. The first kappa shape index (κ1) is 33.4. The van der Waals surface area contributed by atoms with E-state index in [9.17, 15) is 24.0 Å². The summed E-state index contributed by atoms with van der Waals surface area (Å²) in [6.45, 7) is 5.57. The molecule has 5 amide bonds. The average Bonchev–Trinajstić information content (AvgIpc) is 2.83. The normalized spacial score (nSPS) is 12.2. The molecule has 0 fully saturated rings. The summed E-state index contributed by atoms with van der Waals surface area (Å²) < 4.78 is 5.22. The molecule has 9 N–H and O–H groups in total. The topological polar surface area (TPSA) is 256 Å². The maximum Gasteiger partial charge on any atom is 0.408 e. The van der Waals surface area contributed by atoms with Crippen molar-refractivity contribution in [2.24, 2.45) is 16.8 Å². The Morgan fingerprint density at radius 2 is 1.41 bits per heavy atom. The monoisotopic (exact) mass is 528 g/mol. The molecule has 0 spiro atoms. The van der Waals surface area contributed by atoms with Gasteiger partial charge in [-0.25, -0.2) is 16.5 Å². The van der Waals surface area contributed by atoms with E-state index in [0.29, 0.717) is 19.4 Å².